The molecule has 3 aromatic heterocycles. The van der Waals surface area contributed by atoms with Crippen molar-refractivity contribution in [2.24, 2.45) is 0 Å². The van der Waals surface area contributed by atoms with Gasteiger partial charge in [0.1, 0.15) is 22.2 Å². The molecule has 3 rings (SSSR count). The molecule has 0 atom stereocenters. The van der Waals surface area contributed by atoms with E-state index in [4.69, 9.17) is 11.6 Å². The number of anilines is 1. The molecule has 0 aliphatic rings. The molecule has 0 aromatic carbocycles. The molecule has 0 aliphatic carbocycles. The highest BCUT2D eigenvalue weighted by molar-refractivity contribution is 7.25. The largest absolute Gasteiger partial charge is 0.356 e. The van der Waals surface area contributed by atoms with Crippen LogP contribution >= 0.6 is 22.9 Å². The van der Waals surface area contributed by atoms with E-state index in [1.54, 1.807) is 6.07 Å². The van der Waals surface area contributed by atoms with Crippen LogP contribution in [0.3, 0.4) is 0 Å². The summed E-state index contributed by atoms with van der Waals surface area (Å²) in [5, 5.41) is 21.9. The Kier molecular flexibility index (Phi) is 3.57. The summed E-state index contributed by atoms with van der Waals surface area (Å²) in [6.45, 7) is 5.65. The molecule has 0 saturated carbocycles. The first kappa shape index (κ1) is 13.9. The zero-order valence-corrected chi connectivity index (χ0v) is 13.0. The molecule has 106 valence electrons. The third-order valence-corrected chi connectivity index (χ3v) is 4.76. The molecule has 3 aromatic rings. The Hall–Kier alpha value is -2.04. The van der Waals surface area contributed by atoms with Gasteiger partial charge in [-0.3, -0.25) is 0 Å². The van der Waals surface area contributed by atoms with Gasteiger partial charge in [-0.2, -0.15) is 5.26 Å². The maximum Gasteiger partial charge on any atom is 0.172 e. The van der Waals surface area contributed by atoms with Crippen LogP contribution in [0.25, 0.3) is 20.4 Å². The van der Waals surface area contributed by atoms with E-state index in [-0.39, 0.29) is 0 Å². The van der Waals surface area contributed by atoms with Crippen molar-refractivity contribution in [2.45, 2.75) is 13.8 Å². The lowest BCUT2D eigenvalue weighted by molar-refractivity contribution is 0.848. The number of fused-ring (bicyclic) bond motifs is 3. The fraction of sp³-hybridized carbons (Fsp3) is 0.308. The predicted octanol–water partition coefficient (Wildman–Crippen LogP) is 3.01. The number of nitriles is 1. The highest BCUT2D eigenvalue weighted by Gasteiger charge is 2.17. The molecule has 0 amide bonds. The summed E-state index contributed by atoms with van der Waals surface area (Å²) in [4.78, 5) is 7.47. The van der Waals surface area contributed by atoms with Gasteiger partial charge in [-0.05, 0) is 25.1 Å². The fourth-order valence-corrected chi connectivity index (χ4v) is 3.44. The molecule has 3 heterocycles. The van der Waals surface area contributed by atoms with E-state index in [1.807, 2.05) is 18.7 Å². The Morgan fingerprint density at radius 1 is 1.33 bits per heavy atom. The molecular formula is C13H11ClN6S. The summed E-state index contributed by atoms with van der Waals surface area (Å²) < 4.78 is 0.745. The van der Waals surface area contributed by atoms with E-state index in [0.717, 1.165) is 28.0 Å². The number of pyridine rings is 1. The standard InChI is InChI=1S/C13H11ClN6S/c1-3-20(4-2)12-7(6-15)5-8-9-10(21-13(8)16-12)11(14)18-19-17-9/h5H,3-4H2,1-2H3. The average molecular weight is 319 g/mol. The Balaban J connectivity index is 2.36. The van der Waals surface area contributed by atoms with Crippen LogP contribution in [-0.4, -0.2) is 33.5 Å². The van der Waals surface area contributed by atoms with Crippen LogP contribution in [0, 0.1) is 11.3 Å². The molecule has 0 radical (unpaired) electrons. The first-order valence-corrected chi connectivity index (χ1v) is 7.66. The Bertz CT molecular complexity index is 864. The monoisotopic (exact) mass is 318 g/mol. The molecular weight excluding hydrogens is 308 g/mol. The lowest BCUT2D eigenvalue weighted by atomic mass is 10.2. The number of nitrogens with zero attached hydrogens (tertiary/aromatic N) is 6. The molecule has 21 heavy (non-hydrogen) atoms. The first-order chi connectivity index (χ1) is 10.2. The van der Waals surface area contributed by atoms with Crippen LogP contribution in [-0.2, 0) is 0 Å². The summed E-state index contributed by atoms with van der Waals surface area (Å²) in [6.07, 6.45) is 0. The Labute approximate surface area is 130 Å². The van der Waals surface area contributed by atoms with Gasteiger partial charge in [-0.15, -0.1) is 21.5 Å². The Morgan fingerprint density at radius 2 is 2.10 bits per heavy atom. The van der Waals surface area contributed by atoms with Crippen LogP contribution in [0.2, 0.25) is 5.15 Å². The summed E-state index contributed by atoms with van der Waals surface area (Å²) in [5.74, 6) is 0.693. The van der Waals surface area contributed by atoms with E-state index in [0.29, 0.717) is 22.1 Å². The van der Waals surface area contributed by atoms with E-state index < -0.39 is 0 Å². The molecule has 0 N–H and O–H groups in total. The second-order valence-electron chi connectivity index (χ2n) is 4.36. The number of aromatic nitrogens is 4. The van der Waals surface area contributed by atoms with Gasteiger partial charge in [0.2, 0.25) is 0 Å². The van der Waals surface area contributed by atoms with E-state index in [9.17, 15) is 5.26 Å². The van der Waals surface area contributed by atoms with Gasteiger partial charge < -0.3 is 4.90 Å². The van der Waals surface area contributed by atoms with Crippen molar-refractivity contribution in [2.75, 3.05) is 18.0 Å². The maximum atomic E-state index is 9.39. The van der Waals surface area contributed by atoms with Crippen LogP contribution in [0.4, 0.5) is 5.82 Å². The summed E-state index contributed by atoms with van der Waals surface area (Å²) >= 11 is 7.47. The third kappa shape index (κ3) is 2.17. The van der Waals surface area contributed by atoms with Crippen molar-refractivity contribution >= 4 is 49.2 Å². The Morgan fingerprint density at radius 3 is 2.76 bits per heavy atom. The van der Waals surface area contributed by atoms with E-state index in [2.05, 4.69) is 26.5 Å². The highest BCUT2D eigenvalue weighted by atomic mass is 35.5. The van der Waals surface area contributed by atoms with Gasteiger partial charge in [0, 0.05) is 18.5 Å². The number of hydrogen-bond acceptors (Lipinski definition) is 7. The fourth-order valence-electron chi connectivity index (χ4n) is 2.24. The SMILES string of the molecule is CCN(CC)c1nc2sc3c(Cl)nnnc3c2cc1C#N. The molecule has 0 aliphatic heterocycles. The maximum absolute atomic E-state index is 9.39. The second-order valence-corrected chi connectivity index (χ2v) is 5.71. The van der Waals surface area contributed by atoms with Gasteiger partial charge in [0.25, 0.3) is 0 Å². The van der Waals surface area contributed by atoms with Crippen LogP contribution < -0.4 is 4.90 Å². The van der Waals surface area contributed by atoms with Crippen molar-refractivity contribution < 1.29 is 0 Å². The molecule has 0 fully saturated rings. The topological polar surface area (TPSA) is 78.6 Å². The summed E-state index contributed by atoms with van der Waals surface area (Å²) in [7, 11) is 0. The number of halogens is 1. The second kappa shape index (κ2) is 5.39. The van der Waals surface area contributed by atoms with Crippen molar-refractivity contribution in [1.29, 1.82) is 5.26 Å². The minimum absolute atomic E-state index is 0.311. The predicted molar refractivity (Wildman–Crippen MR) is 83.8 cm³/mol. The minimum Gasteiger partial charge on any atom is -0.356 e. The summed E-state index contributed by atoms with van der Waals surface area (Å²) in [5.41, 5.74) is 1.17. The van der Waals surface area contributed by atoms with Crippen LogP contribution in [0.15, 0.2) is 6.07 Å². The molecule has 0 spiro atoms. The number of hydrogen-bond donors (Lipinski definition) is 0. The first-order valence-electron chi connectivity index (χ1n) is 6.46. The van der Waals surface area contributed by atoms with Gasteiger partial charge in [-0.25, -0.2) is 4.98 Å². The van der Waals surface area contributed by atoms with Crippen molar-refractivity contribution in [3.8, 4) is 6.07 Å². The zero-order valence-electron chi connectivity index (χ0n) is 11.5. The minimum atomic E-state index is 0.311. The van der Waals surface area contributed by atoms with Crippen molar-refractivity contribution in [3.05, 3.63) is 16.8 Å². The normalized spacial score (nSPS) is 11.0. The summed E-state index contributed by atoms with van der Waals surface area (Å²) in [6, 6.07) is 4.01. The van der Waals surface area contributed by atoms with Crippen LogP contribution in [0.5, 0.6) is 0 Å². The van der Waals surface area contributed by atoms with E-state index in [1.165, 1.54) is 11.3 Å². The lowest BCUT2D eigenvalue weighted by Gasteiger charge is -2.20. The van der Waals surface area contributed by atoms with Crippen molar-refractivity contribution in [1.82, 2.24) is 20.4 Å². The zero-order chi connectivity index (χ0) is 15.0. The number of thiophene rings is 1. The van der Waals surface area contributed by atoms with Gasteiger partial charge in [-0.1, -0.05) is 11.6 Å². The van der Waals surface area contributed by atoms with Crippen LogP contribution in [0.1, 0.15) is 19.4 Å². The average Bonchev–Trinajstić information content (AvgIpc) is 2.87. The molecule has 0 saturated heterocycles. The lowest BCUT2D eigenvalue weighted by Crippen LogP contribution is -2.23. The third-order valence-electron chi connectivity index (χ3n) is 3.28. The highest BCUT2D eigenvalue weighted by Crippen LogP contribution is 2.36. The molecule has 6 nitrogen and oxygen atoms in total. The number of rotatable bonds is 3. The molecule has 0 unspecified atom stereocenters. The van der Waals surface area contributed by atoms with Crippen molar-refractivity contribution in [3.63, 3.8) is 0 Å². The van der Waals surface area contributed by atoms with Gasteiger partial charge in [0.05, 0.1) is 10.3 Å². The molecule has 8 heteroatoms. The van der Waals surface area contributed by atoms with Gasteiger partial charge in [0.15, 0.2) is 5.15 Å². The molecule has 0 bridgehead atoms. The quantitative estimate of drug-likeness (QED) is 0.738. The van der Waals surface area contributed by atoms with E-state index >= 15 is 0 Å². The smallest absolute Gasteiger partial charge is 0.172 e. The van der Waals surface area contributed by atoms with Gasteiger partial charge >= 0.3 is 0 Å².